The third kappa shape index (κ3) is 5.62. The highest BCUT2D eigenvalue weighted by molar-refractivity contribution is 7.90. The minimum Gasteiger partial charge on any atom is -0.435 e. The first kappa shape index (κ1) is 25.1. The molecule has 0 aliphatic heterocycles. The molecule has 0 unspecified atom stereocenters. The first-order chi connectivity index (χ1) is 16.9. The number of primary amides is 1. The summed E-state index contributed by atoms with van der Waals surface area (Å²) < 4.78 is 55.1. The topological polar surface area (TPSA) is 172 Å². The number of nitrogens with one attached hydrogen (secondary N) is 1. The summed E-state index contributed by atoms with van der Waals surface area (Å²) in [6.07, 6.45) is 3.81. The van der Waals surface area contributed by atoms with Crippen molar-refractivity contribution in [3.63, 3.8) is 0 Å². The molecule has 15 heteroatoms. The summed E-state index contributed by atoms with van der Waals surface area (Å²) >= 11 is 0. The number of alkyl halides is 2. The standard InChI is InChI=1S/C21H21F2N7O5S/c1-10(27-20(32)12-5-13(35-21(22)23)7-14(6-12)36(2,33)34)19-28-18(11-3-4-11)29-30(19)16-8-15(17(24)31)25-9-26-16/h5-11,21H,3-4H2,1-2H3,(H2,24,31)(H,27,32)/t10-/m0/s1. The van der Waals surface area contributed by atoms with E-state index in [0.29, 0.717) is 5.82 Å². The number of hydrogen-bond donors (Lipinski definition) is 2. The lowest BCUT2D eigenvalue weighted by Gasteiger charge is -2.15. The van der Waals surface area contributed by atoms with Gasteiger partial charge in [0.05, 0.1) is 10.9 Å². The normalized spacial score (nSPS) is 14.5. The summed E-state index contributed by atoms with van der Waals surface area (Å²) in [7, 11) is -3.83. The zero-order valence-corrected chi connectivity index (χ0v) is 19.9. The van der Waals surface area contributed by atoms with Crippen molar-refractivity contribution in [3.05, 3.63) is 53.5 Å². The molecule has 0 saturated heterocycles. The number of nitrogens with two attached hydrogens (primary N) is 1. The molecule has 1 saturated carbocycles. The maximum absolute atomic E-state index is 13.0. The van der Waals surface area contributed by atoms with Gasteiger partial charge in [0.15, 0.2) is 27.3 Å². The minimum atomic E-state index is -3.83. The fourth-order valence-electron chi connectivity index (χ4n) is 3.33. The lowest BCUT2D eigenvalue weighted by molar-refractivity contribution is -0.0500. The molecule has 0 bridgehead atoms. The average Bonchev–Trinajstić information content (AvgIpc) is 3.55. The van der Waals surface area contributed by atoms with Crippen LogP contribution in [0.1, 0.15) is 64.2 Å². The average molecular weight is 522 g/mol. The Bertz CT molecular complexity index is 1440. The Kier molecular flexibility index (Phi) is 6.67. The molecular weight excluding hydrogens is 500 g/mol. The van der Waals surface area contributed by atoms with Crippen LogP contribution in [0, 0.1) is 0 Å². The van der Waals surface area contributed by atoms with E-state index in [1.807, 2.05) is 0 Å². The molecular formula is C21H21F2N7O5S. The van der Waals surface area contributed by atoms with Crippen LogP contribution in [-0.2, 0) is 9.84 Å². The Hall–Kier alpha value is -4.01. The number of halogens is 2. The quantitative estimate of drug-likeness (QED) is 0.423. The lowest BCUT2D eigenvalue weighted by Crippen LogP contribution is -2.29. The highest BCUT2D eigenvalue weighted by Gasteiger charge is 2.31. The summed E-state index contributed by atoms with van der Waals surface area (Å²) in [6.45, 7) is -1.62. The fraction of sp³-hybridized carbons (Fsp3) is 0.333. The van der Waals surface area contributed by atoms with Gasteiger partial charge in [-0.15, -0.1) is 5.10 Å². The molecule has 0 spiro atoms. The fourth-order valence-corrected chi connectivity index (χ4v) is 4.01. The van der Waals surface area contributed by atoms with Crippen molar-refractivity contribution < 1.29 is 31.5 Å². The van der Waals surface area contributed by atoms with Crippen LogP contribution in [0.5, 0.6) is 5.75 Å². The predicted molar refractivity (Wildman–Crippen MR) is 120 cm³/mol. The highest BCUT2D eigenvalue weighted by Crippen LogP contribution is 2.38. The van der Waals surface area contributed by atoms with E-state index in [2.05, 4.69) is 30.1 Å². The summed E-state index contributed by atoms with van der Waals surface area (Å²) in [5.41, 5.74) is 5.04. The zero-order chi connectivity index (χ0) is 26.2. The first-order valence-corrected chi connectivity index (χ1v) is 12.5. The number of carbonyl (C=O) groups is 2. The molecule has 1 fully saturated rings. The van der Waals surface area contributed by atoms with E-state index in [9.17, 15) is 26.8 Å². The summed E-state index contributed by atoms with van der Waals surface area (Å²) in [4.78, 5) is 36.6. The van der Waals surface area contributed by atoms with Gasteiger partial charge >= 0.3 is 6.61 Å². The molecule has 3 aromatic rings. The molecule has 12 nitrogen and oxygen atoms in total. The molecule has 36 heavy (non-hydrogen) atoms. The first-order valence-electron chi connectivity index (χ1n) is 10.6. The van der Waals surface area contributed by atoms with Gasteiger partial charge in [-0.05, 0) is 38.0 Å². The molecule has 4 rings (SSSR count). The van der Waals surface area contributed by atoms with E-state index >= 15 is 0 Å². The van der Waals surface area contributed by atoms with Crippen molar-refractivity contribution in [1.29, 1.82) is 0 Å². The van der Waals surface area contributed by atoms with Crippen LogP contribution in [0.3, 0.4) is 0 Å². The van der Waals surface area contributed by atoms with Crippen LogP contribution < -0.4 is 15.8 Å². The van der Waals surface area contributed by atoms with E-state index in [1.165, 1.54) is 10.7 Å². The number of nitrogens with zero attached hydrogens (tertiary/aromatic N) is 5. The van der Waals surface area contributed by atoms with Crippen molar-refractivity contribution >= 4 is 21.7 Å². The monoisotopic (exact) mass is 521 g/mol. The minimum absolute atomic E-state index is 0.0461. The molecule has 2 amide bonds. The van der Waals surface area contributed by atoms with E-state index in [1.54, 1.807) is 6.92 Å². The van der Waals surface area contributed by atoms with Crippen molar-refractivity contribution in [2.24, 2.45) is 5.73 Å². The largest absolute Gasteiger partial charge is 0.435 e. The molecule has 1 aliphatic rings. The highest BCUT2D eigenvalue weighted by atomic mass is 32.2. The van der Waals surface area contributed by atoms with Gasteiger partial charge in [-0.2, -0.15) is 13.5 Å². The number of hydrogen-bond acceptors (Lipinski definition) is 9. The Balaban J connectivity index is 1.67. The molecule has 3 N–H and O–H groups in total. The summed E-state index contributed by atoms with van der Waals surface area (Å²) in [5, 5.41) is 7.12. The van der Waals surface area contributed by atoms with Crippen molar-refractivity contribution in [3.8, 4) is 11.6 Å². The van der Waals surface area contributed by atoms with Crippen LogP contribution in [-0.4, -0.2) is 57.8 Å². The second-order valence-electron chi connectivity index (χ2n) is 8.18. The zero-order valence-electron chi connectivity index (χ0n) is 19.1. The van der Waals surface area contributed by atoms with Crippen molar-refractivity contribution in [2.45, 2.75) is 43.2 Å². The van der Waals surface area contributed by atoms with E-state index in [0.717, 1.165) is 43.6 Å². The Morgan fingerprint density at radius 3 is 2.53 bits per heavy atom. The maximum Gasteiger partial charge on any atom is 0.387 e. The molecule has 0 radical (unpaired) electrons. The Labute approximate surface area is 203 Å². The van der Waals surface area contributed by atoms with Gasteiger partial charge in [-0.25, -0.2) is 23.4 Å². The number of amides is 2. The Morgan fingerprint density at radius 1 is 1.19 bits per heavy atom. The van der Waals surface area contributed by atoms with E-state index < -0.39 is 40.1 Å². The van der Waals surface area contributed by atoms with Gasteiger partial charge in [-0.3, -0.25) is 9.59 Å². The number of rotatable bonds is 9. The number of aromatic nitrogens is 5. The van der Waals surface area contributed by atoms with Gasteiger partial charge in [0.1, 0.15) is 17.8 Å². The van der Waals surface area contributed by atoms with Gasteiger partial charge in [0, 0.05) is 23.8 Å². The van der Waals surface area contributed by atoms with Crippen molar-refractivity contribution in [1.82, 2.24) is 30.0 Å². The summed E-state index contributed by atoms with van der Waals surface area (Å²) in [5.74, 6) is -0.886. The maximum atomic E-state index is 13.0. The smallest absolute Gasteiger partial charge is 0.387 e. The second kappa shape index (κ2) is 9.56. The SMILES string of the molecule is C[C@H](NC(=O)c1cc(OC(F)F)cc(S(C)(=O)=O)c1)c1nc(C2CC2)nn1-c1cc(C(N)=O)ncn1. The predicted octanol–water partition coefficient (Wildman–Crippen LogP) is 1.53. The third-order valence-corrected chi connectivity index (χ3v) is 6.34. The molecule has 1 aromatic carbocycles. The summed E-state index contributed by atoms with van der Waals surface area (Å²) in [6, 6.07) is 3.50. The molecule has 1 aliphatic carbocycles. The van der Waals surface area contributed by atoms with Gasteiger partial charge in [0.2, 0.25) is 0 Å². The molecule has 2 heterocycles. The van der Waals surface area contributed by atoms with E-state index in [4.69, 9.17) is 5.73 Å². The number of carbonyl (C=O) groups excluding carboxylic acids is 2. The van der Waals surface area contributed by atoms with Crippen LogP contribution >= 0.6 is 0 Å². The van der Waals surface area contributed by atoms with Crippen LogP contribution in [0.4, 0.5) is 8.78 Å². The molecule has 190 valence electrons. The van der Waals surface area contributed by atoms with Gasteiger partial charge in [-0.1, -0.05) is 0 Å². The molecule has 2 aromatic heterocycles. The van der Waals surface area contributed by atoms with Crippen LogP contribution in [0.15, 0.2) is 35.5 Å². The number of benzene rings is 1. The number of sulfone groups is 1. The molecule has 1 atom stereocenters. The number of ether oxygens (including phenoxy) is 1. The second-order valence-corrected chi connectivity index (χ2v) is 10.2. The van der Waals surface area contributed by atoms with Crippen molar-refractivity contribution in [2.75, 3.05) is 6.26 Å². The lowest BCUT2D eigenvalue weighted by atomic mass is 10.2. The van der Waals surface area contributed by atoms with Gasteiger partial charge < -0.3 is 15.8 Å². The van der Waals surface area contributed by atoms with E-state index in [-0.39, 0.29) is 33.7 Å². The van der Waals surface area contributed by atoms with Gasteiger partial charge in [0.25, 0.3) is 11.8 Å². The Morgan fingerprint density at radius 2 is 1.92 bits per heavy atom. The van der Waals surface area contributed by atoms with Crippen LogP contribution in [0.25, 0.3) is 5.82 Å². The van der Waals surface area contributed by atoms with Crippen LogP contribution in [0.2, 0.25) is 0 Å². The third-order valence-electron chi connectivity index (χ3n) is 5.24.